The van der Waals surface area contributed by atoms with Gasteiger partial charge in [-0.2, -0.15) is 0 Å². The molecule has 1 aliphatic rings. The van der Waals surface area contributed by atoms with Gasteiger partial charge in [0.05, 0.1) is 5.41 Å². The number of halogens is 1. The molecule has 110 valence electrons. The Labute approximate surface area is 125 Å². The van der Waals surface area contributed by atoms with Crippen molar-refractivity contribution in [2.75, 3.05) is 11.9 Å². The summed E-state index contributed by atoms with van der Waals surface area (Å²) in [5, 5.41) is 3.67. The second-order valence-electron chi connectivity index (χ2n) is 5.82. The lowest BCUT2D eigenvalue weighted by Gasteiger charge is -2.29. The van der Waals surface area contributed by atoms with E-state index >= 15 is 0 Å². The number of benzene rings is 1. The summed E-state index contributed by atoms with van der Waals surface area (Å²) in [5.41, 5.74) is 7.28. The van der Waals surface area contributed by atoms with E-state index < -0.39 is 5.41 Å². The number of carbonyl (C=O) groups is 1. The van der Waals surface area contributed by atoms with Crippen molar-refractivity contribution in [3.05, 3.63) is 28.8 Å². The highest BCUT2D eigenvalue weighted by Crippen LogP contribution is 2.35. The predicted molar refractivity (Wildman–Crippen MR) is 84.0 cm³/mol. The molecule has 1 saturated carbocycles. The van der Waals surface area contributed by atoms with E-state index in [4.69, 9.17) is 17.3 Å². The Morgan fingerprint density at radius 3 is 2.50 bits per heavy atom. The Bertz CT molecular complexity index is 479. The van der Waals surface area contributed by atoms with E-state index in [1.54, 1.807) is 6.07 Å². The molecule has 0 atom stereocenters. The molecule has 0 saturated heterocycles. The van der Waals surface area contributed by atoms with Crippen molar-refractivity contribution in [3.63, 3.8) is 0 Å². The largest absolute Gasteiger partial charge is 0.329 e. The first-order chi connectivity index (χ1) is 9.57. The second-order valence-corrected chi connectivity index (χ2v) is 6.22. The number of carbonyl (C=O) groups excluding carboxylic acids is 1. The molecular weight excluding hydrogens is 272 g/mol. The zero-order valence-electron chi connectivity index (χ0n) is 12.0. The van der Waals surface area contributed by atoms with Crippen molar-refractivity contribution in [1.29, 1.82) is 0 Å². The van der Waals surface area contributed by atoms with E-state index in [0.29, 0.717) is 11.6 Å². The monoisotopic (exact) mass is 294 g/mol. The smallest absolute Gasteiger partial charge is 0.231 e. The summed E-state index contributed by atoms with van der Waals surface area (Å²) in [6.07, 6.45) is 6.33. The van der Waals surface area contributed by atoms with E-state index in [1.165, 1.54) is 12.8 Å². The molecule has 4 heteroatoms. The molecule has 1 aliphatic carbocycles. The summed E-state index contributed by atoms with van der Waals surface area (Å²) in [6.45, 7) is 2.36. The molecule has 0 heterocycles. The number of aryl methyl sites for hydroxylation is 1. The second kappa shape index (κ2) is 6.59. The maximum atomic E-state index is 12.6. The van der Waals surface area contributed by atoms with Crippen LogP contribution in [0.1, 0.15) is 44.1 Å². The van der Waals surface area contributed by atoms with Crippen molar-refractivity contribution < 1.29 is 4.79 Å². The number of nitrogens with two attached hydrogens (primary N) is 1. The standard InChI is InChI=1S/C16H23ClN2O/c1-12-6-7-13(10-14(12)17)19-15(20)16(11-18)8-4-2-3-5-9-16/h6-7,10H,2-5,8-9,11,18H2,1H3,(H,19,20). The fourth-order valence-corrected chi connectivity index (χ4v) is 3.04. The third-order valence-corrected chi connectivity index (χ3v) is 4.77. The van der Waals surface area contributed by atoms with Crippen LogP contribution in [0.25, 0.3) is 0 Å². The number of rotatable bonds is 3. The zero-order chi connectivity index (χ0) is 14.6. The molecule has 2 rings (SSSR count). The van der Waals surface area contributed by atoms with Gasteiger partial charge in [-0.1, -0.05) is 43.4 Å². The fourth-order valence-electron chi connectivity index (χ4n) is 2.86. The van der Waals surface area contributed by atoms with Crippen LogP contribution in [0.4, 0.5) is 5.69 Å². The Morgan fingerprint density at radius 2 is 1.95 bits per heavy atom. The van der Waals surface area contributed by atoms with Crippen LogP contribution in [0.15, 0.2) is 18.2 Å². The Kier molecular flexibility index (Phi) is 5.06. The van der Waals surface area contributed by atoms with Crippen molar-refractivity contribution in [1.82, 2.24) is 0 Å². The van der Waals surface area contributed by atoms with Crippen molar-refractivity contribution in [2.24, 2.45) is 11.1 Å². The zero-order valence-corrected chi connectivity index (χ0v) is 12.8. The summed E-state index contributed by atoms with van der Waals surface area (Å²) in [4.78, 5) is 12.6. The van der Waals surface area contributed by atoms with Crippen LogP contribution >= 0.6 is 11.6 Å². The minimum absolute atomic E-state index is 0.0434. The molecule has 1 aromatic rings. The lowest BCUT2D eigenvalue weighted by atomic mass is 9.79. The highest BCUT2D eigenvalue weighted by molar-refractivity contribution is 6.31. The van der Waals surface area contributed by atoms with E-state index in [9.17, 15) is 4.79 Å². The quantitative estimate of drug-likeness (QED) is 0.831. The highest BCUT2D eigenvalue weighted by Gasteiger charge is 2.37. The van der Waals surface area contributed by atoms with Gasteiger partial charge in [0.1, 0.15) is 0 Å². The summed E-state index contributed by atoms with van der Waals surface area (Å²) >= 11 is 6.10. The molecule has 1 aromatic carbocycles. The normalized spacial score (nSPS) is 18.4. The van der Waals surface area contributed by atoms with Crippen molar-refractivity contribution in [3.8, 4) is 0 Å². The van der Waals surface area contributed by atoms with E-state index in [2.05, 4.69) is 5.32 Å². The van der Waals surface area contributed by atoms with Gasteiger partial charge >= 0.3 is 0 Å². The fraction of sp³-hybridized carbons (Fsp3) is 0.562. The Balaban J connectivity index is 2.14. The number of hydrogen-bond acceptors (Lipinski definition) is 2. The summed E-state index contributed by atoms with van der Waals surface area (Å²) in [6, 6.07) is 5.61. The van der Waals surface area contributed by atoms with Crippen molar-refractivity contribution in [2.45, 2.75) is 45.4 Å². The maximum Gasteiger partial charge on any atom is 0.231 e. The van der Waals surface area contributed by atoms with Crippen LogP contribution in [0.3, 0.4) is 0 Å². The van der Waals surface area contributed by atoms with Gasteiger partial charge in [0.15, 0.2) is 0 Å². The minimum Gasteiger partial charge on any atom is -0.329 e. The molecule has 0 aromatic heterocycles. The molecule has 3 N–H and O–H groups in total. The summed E-state index contributed by atoms with van der Waals surface area (Å²) in [7, 11) is 0. The predicted octanol–water partition coefficient (Wildman–Crippen LogP) is 3.89. The van der Waals surface area contributed by atoms with E-state index in [1.807, 2.05) is 19.1 Å². The molecular formula is C16H23ClN2O. The van der Waals surface area contributed by atoms with Gasteiger partial charge in [-0.05, 0) is 37.5 Å². The van der Waals surface area contributed by atoms with Crippen LogP contribution in [-0.4, -0.2) is 12.5 Å². The van der Waals surface area contributed by atoms with Gasteiger partial charge in [0.25, 0.3) is 0 Å². The Morgan fingerprint density at radius 1 is 1.30 bits per heavy atom. The maximum absolute atomic E-state index is 12.6. The van der Waals surface area contributed by atoms with Crippen LogP contribution < -0.4 is 11.1 Å². The first-order valence-corrected chi connectivity index (χ1v) is 7.73. The van der Waals surface area contributed by atoms with Crippen LogP contribution in [-0.2, 0) is 4.79 Å². The SMILES string of the molecule is Cc1ccc(NC(=O)C2(CN)CCCCCC2)cc1Cl. The molecule has 0 spiro atoms. The lowest BCUT2D eigenvalue weighted by molar-refractivity contribution is -0.125. The van der Waals surface area contributed by atoms with Crippen LogP contribution in [0.5, 0.6) is 0 Å². The molecule has 20 heavy (non-hydrogen) atoms. The first-order valence-electron chi connectivity index (χ1n) is 7.35. The average molecular weight is 295 g/mol. The molecule has 3 nitrogen and oxygen atoms in total. The van der Waals surface area contributed by atoms with Gasteiger partial charge in [0, 0.05) is 17.3 Å². The van der Waals surface area contributed by atoms with Gasteiger partial charge in [-0.25, -0.2) is 0 Å². The molecule has 0 unspecified atom stereocenters. The topological polar surface area (TPSA) is 55.1 Å². The molecule has 0 aliphatic heterocycles. The van der Waals surface area contributed by atoms with Gasteiger partial charge in [-0.15, -0.1) is 0 Å². The van der Waals surface area contributed by atoms with E-state index in [-0.39, 0.29) is 5.91 Å². The average Bonchev–Trinajstić information content (AvgIpc) is 2.69. The summed E-state index contributed by atoms with van der Waals surface area (Å²) in [5.74, 6) is 0.0434. The third kappa shape index (κ3) is 3.33. The van der Waals surface area contributed by atoms with Crippen LogP contribution in [0.2, 0.25) is 5.02 Å². The molecule has 0 bridgehead atoms. The first kappa shape index (κ1) is 15.3. The summed E-state index contributed by atoms with van der Waals surface area (Å²) < 4.78 is 0. The third-order valence-electron chi connectivity index (χ3n) is 4.36. The molecule has 1 fully saturated rings. The minimum atomic E-state index is -0.409. The highest BCUT2D eigenvalue weighted by atomic mass is 35.5. The number of nitrogens with one attached hydrogen (secondary N) is 1. The van der Waals surface area contributed by atoms with Gasteiger partial charge < -0.3 is 11.1 Å². The van der Waals surface area contributed by atoms with Gasteiger partial charge in [-0.3, -0.25) is 4.79 Å². The molecule has 1 amide bonds. The van der Waals surface area contributed by atoms with Gasteiger partial charge in [0.2, 0.25) is 5.91 Å². The van der Waals surface area contributed by atoms with E-state index in [0.717, 1.165) is 36.9 Å². The number of hydrogen-bond donors (Lipinski definition) is 2. The lowest BCUT2D eigenvalue weighted by Crippen LogP contribution is -2.42. The van der Waals surface area contributed by atoms with Crippen LogP contribution in [0, 0.1) is 12.3 Å². The number of amides is 1. The Hall–Kier alpha value is -1.06. The molecule has 0 radical (unpaired) electrons. The van der Waals surface area contributed by atoms with Crippen molar-refractivity contribution >= 4 is 23.2 Å². The number of anilines is 1.